The molecule has 0 spiro atoms. The standard InChI is InChI=1S/C29H37N7O2/c1-8-15-31-26(38)21-18-32-27(36-25(21)35-24-11-9-10-23(34-24)28(2,3)4)33-20-12-13-22(29(5,6)30-7)19(17-20)14-16-37/h8-13,16-18,30H,1,14-15H2,2-7H3,(H,31,38)(H2,32,33,34,35,36). The van der Waals surface area contributed by atoms with Gasteiger partial charge in [0.1, 0.15) is 23.5 Å². The van der Waals surface area contributed by atoms with Crippen LogP contribution in [0.5, 0.6) is 0 Å². The molecule has 4 N–H and O–H groups in total. The van der Waals surface area contributed by atoms with Gasteiger partial charge in [0.2, 0.25) is 5.95 Å². The van der Waals surface area contributed by atoms with Crippen LogP contribution in [0.1, 0.15) is 61.8 Å². The molecule has 0 saturated heterocycles. The summed E-state index contributed by atoms with van der Waals surface area (Å²) in [6, 6.07) is 11.5. The van der Waals surface area contributed by atoms with Crippen molar-refractivity contribution in [3.05, 3.63) is 77.6 Å². The van der Waals surface area contributed by atoms with Gasteiger partial charge < -0.3 is 26.1 Å². The fourth-order valence-electron chi connectivity index (χ4n) is 3.81. The topological polar surface area (TPSA) is 121 Å². The maximum atomic E-state index is 12.8. The Bertz CT molecular complexity index is 1310. The van der Waals surface area contributed by atoms with Crippen molar-refractivity contribution < 1.29 is 9.59 Å². The molecule has 9 nitrogen and oxygen atoms in total. The molecular formula is C29H37N7O2. The van der Waals surface area contributed by atoms with E-state index in [9.17, 15) is 9.59 Å². The highest BCUT2D eigenvalue weighted by molar-refractivity contribution is 5.99. The van der Waals surface area contributed by atoms with Crippen LogP contribution in [0.25, 0.3) is 0 Å². The zero-order valence-corrected chi connectivity index (χ0v) is 23.0. The second-order valence-corrected chi connectivity index (χ2v) is 10.5. The molecule has 0 unspecified atom stereocenters. The number of benzene rings is 1. The number of anilines is 4. The number of carbonyl (C=O) groups excluding carboxylic acids is 2. The molecule has 0 bridgehead atoms. The Hall–Kier alpha value is -4.11. The third kappa shape index (κ3) is 7.01. The highest BCUT2D eigenvalue weighted by Crippen LogP contribution is 2.28. The number of carbonyl (C=O) groups is 2. The van der Waals surface area contributed by atoms with Crippen LogP contribution < -0.4 is 21.3 Å². The Labute approximate surface area is 224 Å². The van der Waals surface area contributed by atoms with Gasteiger partial charge in [-0.3, -0.25) is 4.79 Å². The maximum absolute atomic E-state index is 12.8. The van der Waals surface area contributed by atoms with Gasteiger partial charge in [0.15, 0.2) is 0 Å². The van der Waals surface area contributed by atoms with Crippen LogP contribution >= 0.6 is 0 Å². The molecular weight excluding hydrogens is 478 g/mol. The quantitative estimate of drug-likeness (QED) is 0.213. The number of hydrogen-bond acceptors (Lipinski definition) is 8. The van der Waals surface area contributed by atoms with E-state index in [4.69, 9.17) is 4.98 Å². The number of pyridine rings is 1. The minimum absolute atomic E-state index is 0.145. The summed E-state index contributed by atoms with van der Waals surface area (Å²) in [5.41, 5.74) is 3.37. The predicted octanol–water partition coefficient (Wildman–Crippen LogP) is 4.77. The molecule has 0 saturated carbocycles. The maximum Gasteiger partial charge on any atom is 0.256 e. The zero-order valence-electron chi connectivity index (χ0n) is 23.0. The molecule has 0 fully saturated rings. The number of hydrogen-bond donors (Lipinski definition) is 4. The first-order valence-electron chi connectivity index (χ1n) is 12.5. The minimum atomic E-state index is -0.335. The molecule has 2 heterocycles. The minimum Gasteiger partial charge on any atom is -0.348 e. The molecule has 2 aromatic heterocycles. The molecule has 0 aliphatic heterocycles. The average molecular weight is 516 g/mol. The van der Waals surface area contributed by atoms with Crippen molar-refractivity contribution >= 4 is 35.5 Å². The van der Waals surface area contributed by atoms with Gasteiger partial charge in [-0.1, -0.05) is 39.0 Å². The van der Waals surface area contributed by atoms with E-state index in [1.165, 1.54) is 6.20 Å². The van der Waals surface area contributed by atoms with E-state index in [0.717, 1.165) is 28.8 Å². The molecule has 38 heavy (non-hydrogen) atoms. The summed E-state index contributed by atoms with van der Waals surface area (Å²) in [6.07, 6.45) is 4.24. The van der Waals surface area contributed by atoms with E-state index in [2.05, 4.69) is 72.4 Å². The van der Waals surface area contributed by atoms with E-state index in [1.807, 2.05) is 43.4 Å². The molecule has 0 radical (unpaired) electrons. The third-order valence-corrected chi connectivity index (χ3v) is 6.17. The molecule has 9 heteroatoms. The molecule has 0 atom stereocenters. The van der Waals surface area contributed by atoms with E-state index < -0.39 is 0 Å². The summed E-state index contributed by atoms with van der Waals surface area (Å²) >= 11 is 0. The number of aromatic nitrogens is 3. The summed E-state index contributed by atoms with van der Waals surface area (Å²) in [5, 5.41) is 12.4. The van der Waals surface area contributed by atoms with Gasteiger partial charge in [-0.15, -0.1) is 6.58 Å². The summed E-state index contributed by atoms with van der Waals surface area (Å²) in [6.45, 7) is 14.3. The molecule has 3 aromatic rings. The van der Waals surface area contributed by atoms with Crippen LogP contribution in [0, 0.1) is 0 Å². The molecule has 0 aliphatic rings. The lowest BCUT2D eigenvalue weighted by Gasteiger charge is -2.27. The van der Waals surface area contributed by atoms with Gasteiger partial charge in [0, 0.05) is 41.5 Å². The number of rotatable bonds is 11. The average Bonchev–Trinajstić information content (AvgIpc) is 2.87. The Balaban J connectivity index is 1.99. The first-order valence-corrected chi connectivity index (χ1v) is 12.5. The number of amides is 1. The van der Waals surface area contributed by atoms with Gasteiger partial charge in [0.05, 0.1) is 0 Å². The smallest absolute Gasteiger partial charge is 0.256 e. The van der Waals surface area contributed by atoms with Gasteiger partial charge in [-0.2, -0.15) is 4.98 Å². The van der Waals surface area contributed by atoms with Crippen LogP contribution in [-0.2, 0) is 22.2 Å². The highest BCUT2D eigenvalue weighted by Gasteiger charge is 2.22. The van der Waals surface area contributed by atoms with E-state index >= 15 is 0 Å². The number of nitrogens with one attached hydrogen (secondary N) is 4. The Morgan fingerprint density at radius 2 is 1.82 bits per heavy atom. The van der Waals surface area contributed by atoms with Gasteiger partial charge in [-0.05, 0) is 56.3 Å². The van der Waals surface area contributed by atoms with Crippen LogP contribution in [0.4, 0.5) is 23.3 Å². The lowest BCUT2D eigenvalue weighted by atomic mass is 9.88. The summed E-state index contributed by atoms with van der Waals surface area (Å²) in [5.74, 6) is 0.825. The van der Waals surface area contributed by atoms with E-state index in [0.29, 0.717) is 18.2 Å². The van der Waals surface area contributed by atoms with Crippen molar-refractivity contribution in [2.75, 3.05) is 24.2 Å². The second-order valence-electron chi connectivity index (χ2n) is 10.5. The molecule has 3 rings (SSSR count). The molecule has 1 aromatic carbocycles. The van der Waals surface area contributed by atoms with E-state index in [1.54, 1.807) is 6.08 Å². The van der Waals surface area contributed by atoms with Crippen LogP contribution in [0.3, 0.4) is 0 Å². The molecule has 200 valence electrons. The third-order valence-electron chi connectivity index (χ3n) is 6.17. The molecule has 1 amide bonds. The lowest BCUT2D eigenvalue weighted by molar-refractivity contribution is -0.107. The van der Waals surface area contributed by atoms with Crippen LogP contribution in [0.15, 0.2) is 55.3 Å². The Morgan fingerprint density at radius 1 is 1.05 bits per heavy atom. The SMILES string of the molecule is C=CCNC(=O)c1cnc(Nc2ccc(C(C)(C)NC)c(CC=O)c2)nc1Nc1cccc(C(C)(C)C)n1. The summed E-state index contributed by atoms with van der Waals surface area (Å²) in [7, 11) is 1.89. The summed E-state index contributed by atoms with van der Waals surface area (Å²) in [4.78, 5) is 37.9. The number of aldehydes is 1. The van der Waals surface area contributed by atoms with Crippen LogP contribution in [-0.4, -0.2) is 40.7 Å². The zero-order chi connectivity index (χ0) is 27.9. The van der Waals surface area contributed by atoms with Crippen molar-refractivity contribution in [1.29, 1.82) is 0 Å². The summed E-state index contributed by atoms with van der Waals surface area (Å²) < 4.78 is 0. The van der Waals surface area contributed by atoms with Gasteiger partial charge >= 0.3 is 0 Å². The monoisotopic (exact) mass is 515 g/mol. The highest BCUT2D eigenvalue weighted by atomic mass is 16.1. The van der Waals surface area contributed by atoms with Gasteiger partial charge in [0.25, 0.3) is 5.91 Å². The fraction of sp³-hybridized carbons (Fsp3) is 0.345. The second kappa shape index (κ2) is 12.0. The first kappa shape index (κ1) is 28.5. The first-order chi connectivity index (χ1) is 18.0. The predicted molar refractivity (Wildman–Crippen MR) is 152 cm³/mol. The Morgan fingerprint density at radius 3 is 2.47 bits per heavy atom. The van der Waals surface area contributed by atoms with Crippen molar-refractivity contribution in [2.24, 2.45) is 0 Å². The fourth-order valence-corrected chi connectivity index (χ4v) is 3.81. The number of nitrogens with zero attached hydrogens (tertiary/aromatic N) is 3. The lowest BCUT2D eigenvalue weighted by Crippen LogP contribution is -2.34. The Kier molecular flexibility index (Phi) is 8.96. The normalized spacial score (nSPS) is 11.5. The van der Waals surface area contributed by atoms with Crippen molar-refractivity contribution in [3.8, 4) is 0 Å². The molecule has 0 aliphatic carbocycles. The van der Waals surface area contributed by atoms with Crippen LogP contribution in [0.2, 0.25) is 0 Å². The van der Waals surface area contributed by atoms with Crippen molar-refractivity contribution in [3.63, 3.8) is 0 Å². The van der Waals surface area contributed by atoms with Crippen molar-refractivity contribution in [2.45, 2.75) is 52.0 Å². The van der Waals surface area contributed by atoms with E-state index in [-0.39, 0.29) is 34.8 Å². The van der Waals surface area contributed by atoms with Crippen molar-refractivity contribution in [1.82, 2.24) is 25.6 Å². The van der Waals surface area contributed by atoms with Gasteiger partial charge in [-0.25, -0.2) is 9.97 Å². The largest absolute Gasteiger partial charge is 0.348 e.